The average molecular weight is 577 g/mol. The van der Waals surface area contributed by atoms with Crippen LogP contribution in [0, 0.1) is 0 Å². The number of morpholine rings is 1. The number of thiophene rings is 1. The first-order chi connectivity index (χ1) is 18.4. The van der Waals surface area contributed by atoms with Crippen LogP contribution in [-0.2, 0) is 9.47 Å². The van der Waals surface area contributed by atoms with Gasteiger partial charge in [-0.2, -0.15) is 0 Å². The van der Waals surface area contributed by atoms with E-state index < -0.39 is 12.1 Å². The van der Waals surface area contributed by atoms with Gasteiger partial charge in [0.1, 0.15) is 35.5 Å². The summed E-state index contributed by atoms with van der Waals surface area (Å²) >= 11 is 14.1. The van der Waals surface area contributed by atoms with Crippen LogP contribution in [0.3, 0.4) is 0 Å². The summed E-state index contributed by atoms with van der Waals surface area (Å²) in [6.45, 7) is 6.48. The zero-order chi connectivity index (χ0) is 26.6. The lowest BCUT2D eigenvalue weighted by atomic mass is 10.1. The molecule has 5 rings (SSSR count). The molecule has 2 aromatic heterocycles. The molecule has 200 valence electrons. The van der Waals surface area contributed by atoms with Gasteiger partial charge >= 0.3 is 5.97 Å². The number of carbonyl (C=O) groups is 1. The molecule has 0 N–H and O–H groups in total. The maximum atomic E-state index is 12.6. The van der Waals surface area contributed by atoms with Crippen molar-refractivity contribution >= 4 is 51.5 Å². The Kier molecular flexibility index (Phi) is 8.40. The minimum Gasteiger partial charge on any atom is -0.491 e. The minimum absolute atomic E-state index is 0.346. The Morgan fingerprint density at radius 1 is 1.16 bits per heavy atom. The molecule has 0 radical (unpaired) electrons. The van der Waals surface area contributed by atoms with E-state index in [1.165, 1.54) is 18.4 Å². The van der Waals surface area contributed by atoms with Crippen molar-refractivity contribution in [3.8, 4) is 16.5 Å². The van der Waals surface area contributed by atoms with E-state index in [2.05, 4.69) is 9.88 Å². The Balaban J connectivity index is 1.36. The highest BCUT2D eigenvalue weighted by Crippen LogP contribution is 2.39. The molecule has 0 bridgehead atoms. The predicted octanol–water partition coefficient (Wildman–Crippen LogP) is 6.03. The smallest absolute Gasteiger partial charge is 0.351 e. The molecule has 0 spiro atoms. The molecule has 1 fully saturated rings. The topological polar surface area (TPSA) is 75.1 Å². The Hall–Kier alpha value is -2.82. The number of methoxy groups -OCH3 is 1. The molecule has 1 aliphatic rings. The van der Waals surface area contributed by atoms with Gasteiger partial charge in [0.25, 0.3) is 0 Å². The van der Waals surface area contributed by atoms with Gasteiger partial charge in [-0.25, -0.2) is 9.78 Å². The number of hydrogen-bond donors (Lipinski definition) is 0. The van der Waals surface area contributed by atoms with Gasteiger partial charge < -0.3 is 18.9 Å². The summed E-state index contributed by atoms with van der Waals surface area (Å²) in [7, 11) is 1.35. The molecule has 4 aromatic rings. The summed E-state index contributed by atoms with van der Waals surface area (Å²) in [5.74, 6) is 0.507. The van der Waals surface area contributed by atoms with E-state index in [0.717, 1.165) is 54.4 Å². The van der Waals surface area contributed by atoms with Gasteiger partial charge in [-0.15, -0.1) is 11.3 Å². The molecule has 1 atom stereocenters. The Labute approximate surface area is 234 Å². The maximum Gasteiger partial charge on any atom is 0.351 e. The predicted molar refractivity (Wildman–Crippen MR) is 149 cm³/mol. The first kappa shape index (κ1) is 26.8. The molecule has 1 saturated heterocycles. The highest BCUT2D eigenvalue weighted by Gasteiger charge is 2.24. The van der Waals surface area contributed by atoms with Crippen molar-refractivity contribution in [1.29, 1.82) is 0 Å². The number of carbonyl (C=O) groups excluding carboxylic acids is 1. The van der Waals surface area contributed by atoms with Crippen LogP contribution in [0.2, 0.25) is 10.0 Å². The van der Waals surface area contributed by atoms with E-state index in [1.807, 2.05) is 35.8 Å². The Bertz CT molecular complexity index is 1430. The SMILES string of the molecule is COC(=O)c1sc(-n2cnc3cc(Cl)ccc32)cc1O[C@H](C)c1cccc(OCCN2CCOCC2)c1Cl. The minimum atomic E-state index is -0.484. The number of halogens is 2. The number of rotatable bonds is 9. The quantitative estimate of drug-likeness (QED) is 0.225. The van der Waals surface area contributed by atoms with E-state index in [9.17, 15) is 4.79 Å². The third-order valence-corrected chi connectivity index (χ3v) is 8.04. The molecule has 0 saturated carbocycles. The second-order valence-corrected chi connectivity index (χ2v) is 10.6. The van der Waals surface area contributed by atoms with Crippen LogP contribution >= 0.6 is 34.5 Å². The molecule has 8 nitrogen and oxygen atoms in total. The standard InChI is InChI=1S/C27H27Cl2N3O5S/c1-17(19-4-3-5-22(25(19)29)36-13-10-31-8-11-35-12-9-31)37-23-15-24(38-26(23)27(33)34-2)32-16-30-20-14-18(28)6-7-21(20)32/h3-7,14-17H,8-13H2,1-2H3/t17-/m1/s1. The maximum absolute atomic E-state index is 12.6. The molecule has 0 amide bonds. The number of ether oxygens (including phenoxy) is 4. The zero-order valence-electron chi connectivity index (χ0n) is 21.0. The number of fused-ring (bicyclic) bond motifs is 1. The number of hydrogen-bond acceptors (Lipinski definition) is 8. The van der Waals surface area contributed by atoms with E-state index >= 15 is 0 Å². The normalized spacial score (nSPS) is 14.9. The second-order valence-electron chi connectivity index (χ2n) is 8.74. The molecule has 0 aliphatic carbocycles. The summed E-state index contributed by atoms with van der Waals surface area (Å²) in [4.78, 5) is 19.7. The molecule has 0 unspecified atom stereocenters. The number of aromatic nitrogens is 2. The third kappa shape index (κ3) is 5.77. The molecule has 2 aromatic carbocycles. The molecular weight excluding hydrogens is 549 g/mol. The fraction of sp³-hybridized carbons (Fsp3) is 0.333. The number of esters is 1. The van der Waals surface area contributed by atoms with Crippen LogP contribution < -0.4 is 9.47 Å². The fourth-order valence-corrected chi connectivity index (χ4v) is 5.78. The van der Waals surface area contributed by atoms with Gasteiger partial charge in [0.2, 0.25) is 0 Å². The highest BCUT2D eigenvalue weighted by atomic mass is 35.5. The molecule has 11 heteroatoms. The van der Waals surface area contributed by atoms with Crippen molar-refractivity contribution in [1.82, 2.24) is 14.5 Å². The van der Waals surface area contributed by atoms with Crippen LogP contribution in [0.15, 0.2) is 48.8 Å². The van der Waals surface area contributed by atoms with E-state index in [-0.39, 0.29) is 0 Å². The first-order valence-corrected chi connectivity index (χ1v) is 13.7. The lowest BCUT2D eigenvalue weighted by molar-refractivity contribution is 0.0322. The number of nitrogens with zero attached hydrogens (tertiary/aromatic N) is 3. The highest BCUT2D eigenvalue weighted by molar-refractivity contribution is 7.16. The molecule has 3 heterocycles. The van der Waals surface area contributed by atoms with Crippen molar-refractivity contribution in [3.05, 3.63) is 69.3 Å². The van der Waals surface area contributed by atoms with Gasteiger partial charge in [-0.05, 0) is 31.2 Å². The van der Waals surface area contributed by atoms with Crippen molar-refractivity contribution < 1.29 is 23.7 Å². The lowest BCUT2D eigenvalue weighted by Gasteiger charge is -2.26. The molecular formula is C27H27Cl2N3O5S. The summed E-state index contributed by atoms with van der Waals surface area (Å²) in [6, 6.07) is 12.9. The summed E-state index contributed by atoms with van der Waals surface area (Å²) in [5.41, 5.74) is 2.36. The van der Waals surface area contributed by atoms with E-state index in [1.54, 1.807) is 24.5 Å². The van der Waals surface area contributed by atoms with Crippen molar-refractivity contribution in [2.24, 2.45) is 0 Å². The summed E-state index contributed by atoms with van der Waals surface area (Å²) < 4.78 is 24.6. The number of benzene rings is 2. The largest absolute Gasteiger partial charge is 0.491 e. The Morgan fingerprint density at radius 3 is 2.76 bits per heavy atom. The van der Waals surface area contributed by atoms with Crippen LogP contribution in [0.4, 0.5) is 0 Å². The van der Waals surface area contributed by atoms with Crippen molar-refractivity contribution in [2.75, 3.05) is 46.6 Å². The fourth-order valence-electron chi connectivity index (χ4n) is 4.28. The lowest BCUT2D eigenvalue weighted by Crippen LogP contribution is -2.38. The summed E-state index contributed by atoms with van der Waals surface area (Å²) in [6.07, 6.45) is 1.23. The number of imidazole rings is 1. The first-order valence-electron chi connectivity index (χ1n) is 12.2. The van der Waals surface area contributed by atoms with E-state index in [0.29, 0.717) is 33.0 Å². The average Bonchev–Trinajstić information content (AvgIpc) is 3.53. The van der Waals surface area contributed by atoms with Gasteiger partial charge in [-0.3, -0.25) is 9.47 Å². The van der Waals surface area contributed by atoms with Crippen molar-refractivity contribution in [3.63, 3.8) is 0 Å². The van der Waals surface area contributed by atoms with Crippen molar-refractivity contribution in [2.45, 2.75) is 13.0 Å². The molecule has 1 aliphatic heterocycles. The van der Waals surface area contributed by atoms with Gasteiger partial charge in [0.15, 0.2) is 4.88 Å². The van der Waals surface area contributed by atoms with Crippen LogP contribution in [0.1, 0.15) is 28.3 Å². The van der Waals surface area contributed by atoms with Gasteiger partial charge in [-0.1, -0.05) is 35.3 Å². The monoisotopic (exact) mass is 575 g/mol. The van der Waals surface area contributed by atoms with Crippen LogP contribution in [-0.4, -0.2) is 67.0 Å². The van der Waals surface area contributed by atoms with E-state index in [4.69, 9.17) is 42.1 Å². The third-order valence-electron chi connectivity index (χ3n) is 6.31. The molecule has 38 heavy (non-hydrogen) atoms. The zero-order valence-corrected chi connectivity index (χ0v) is 23.3. The Morgan fingerprint density at radius 2 is 1.97 bits per heavy atom. The summed E-state index contributed by atoms with van der Waals surface area (Å²) in [5, 5.41) is 1.84. The van der Waals surface area contributed by atoms with Gasteiger partial charge in [0.05, 0.1) is 36.4 Å². The second kappa shape index (κ2) is 11.9. The van der Waals surface area contributed by atoms with Crippen LogP contribution in [0.5, 0.6) is 11.5 Å². The van der Waals surface area contributed by atoms with Crippen LogP contribution in [0.25, 0.3) is 16.0 Å². The van der Waals surface area contributed by atoms with Gasteiger partial charge in [0, 0.05) is 36.3 Å².